The van der Waals surface area contributed by atoms with Crippen LogP contribution in [0.3, 0.4) is 0 Å². The van der Waals surface area contributed by atoms with Gasteiger partial charge in [0.05, 0.1) is 5.69 Å². The summed E-state index contributed by atoms with van der Waals surface area (Å²) in [7, 11) is 0. The molecule has 0 spiro atoms. The molecule has 1 aliphatic heterocycles. The standard InChI is InChI=1S/C18H21N3O3/c19-18(7-10-23-11-8-18)17(22)21-14-5-3-6-16(12-14)24-13-15-4-1-2-9-20-15/h1-6,9,12H,7-8,10-11,13,19H2,(H,21,22). The minimum atomic E-state index is -0.872. The second-order valence-electron chi connectivity index (χ2n) is 5.86. The number of anilines is 1. The summed E-state index contributed by atoms with van der Waals surface area (Å²) < 4.78 is 11.0. The first kappa shape index (κ1) is 16.4. The number of amides is 1. The molecule has 126 valence electrons. The van der Waals surface area contributed by atoms with Crippen LogP contribution in [0.4, 0.5) is 5.69 Å². The van der Waals surface area contributed by atoms with Crippen LogP contribution >= 0.6 is 0 Å². The summed E-state index contributed by atoms with van der Waals surface area (Å²) >= 11 is 0. The maximum atomic E-state index is 12.4. The maximum absolute atomic E-state index is 12.4. The molecule has 1 fully saturated rings. The molecule has 1 saturated heterocycles. The Morgan fingerprint density at radius 1 is 1.25 bits per heavy atom. The van der Waals surface area contributed by atoms with Gasteiger partial charge in [0.2, 0.25) is 5.91 Å². The molecule has 3 rings (SSSR count). The van der Waals surface area contributed by atoms with Gasteiger partial charge >= 0.3 is 0 Å². The third-order valence-corrected chi connectivity index (χ3v) is 4.04. The zero-order chi connectivity index (χ0) is 16.8. The lowest BCUT2D eigenvalue weighted by atomic mass is 9.90. The molecular formula is C18H21N3O3. The number of carbonyl (C=O) groups is 1. The van der Waals surface area contributed by atoms with Crippen LogP contribution in [0.5, 0.6) is 5.75 Å². The van der Waals surface area contributed by atoms with Crippen molar-refractivity contribution in [3.8, 4) is 5.75 Å². The summed E-state index contributed by atoms with van der Waals surface area (Å²) in [5.74, 6) is 0.476. The second kappa shape index (κ2) is 7.42. The van der Waals surface area contributed by atoms with E-state index in [1.54, 1.807) is 12.3 Å². The first-order valence-corrected chi connectivity index (χ1v) is 7.97. The Bertz CT molecular complexity index is 685. The van der Waals surface area contributed by atoms with Gasteiger partial charge in [-0.2, -0.15) is 0 Å². The van der Waals surface area contributed by atoms with Crippen molar-refractivity contribution in [2.24, 2.45) is 5.73 Å². The highest BCUT2D eigenvalue weighted by molar-refractivity contribution is 5.98. The fourth-order valence-corrected chi connectivity index (χ4v) is 2.52. The summed E-state index contributed by atoms with van der Waals surface area (Å²) in [6, 6.07) is 12.9. The molecule has 0 bridgehead atoms. The topological polar surface area (TPSA) is 86.5 Å². The van der Waals surface area contributed by atoms with E-state index in [2.05, 4.69) is 10.3 Å². The van der Waals surface area contributed by atoms with Gasteiger partial charge in [-0.1, -0.05) is 12.1 Å². The van der Waals surface area contributed by atoms with Crippen molar-refractivity contribution < 1.29 is 14.3 Å². The number of pyridine rings is 1. The van der Waals surface area contributed by atoms with Crippen LogP contribution in [0, 0.1) is 0 Å². The highest BCUT2D eigenvalue weighted by Crippen LogP contribution is 2.22. The van der Waals surface area contributed by atoms with Gasteiger partial charge in [-0.25, -0.2) is 0 Å². The van der Waals surface area contributed by atoms with E-state index >= 15 is 0 Å². The van der Waals surface area contributed by atoms with Gasteiger partial charge in [0.1, 0.15) is 17.9 Å². The fourth-order valence-electron chi connectivity index (χ4n) is 2.52. The average Bonchev–Trinajstić information content (AvgIpc) is 2.62. The summed E-state index contributed by atoms with van der Waals surface area (Å²) in [5, 5.41) is 2.88. The zero-order valence-corrected chi connectivity index (χ0v) is 13.4. The minimum Gasteiger partial charge on any atom is -0.487 e. The second-order valence-corrected chi connectivity index (χ2v) is 5.86. The predicted octanol–water partition coefficient (Wildman–Crippen LogP) is 2.11. The molecule has 3 N–H and O–H groups in total. The van der Waals surface area contributed by atoms with Gasteiger partial charge in [0, 0.05) is 31.2 Å². The Kier molecular flexibility index (Phi) is 5.08. The van der Waals surface area contributed by atoms with E-state index in [4.69, 9.17) is 15.2 Å². The van der Waals surface area contributed by atoms with E-state index in [9.17, 15) is 4.79 Å². The van der Waals surface area contributed by atoms with Gasteiger partial charge < -0.3 is 20.5 Å². The Morgan fingerprint density at radius 3 is 2.83 bits per heavy atom. The number of nitrogens with two attached hydrogens (primary N) is 1. The predicted molar refractivity (Wildman–Crippen MR) is 90.6 cm³/mol. The van der Waals surface area contributed by atoms with Crippen molar-refractivity contribution in [2.75, 3.05) is 18.5 Å². The quantitative estimate of drug-likeness (QED) is 0.878. The number of aromatic nitrogens is 1. The van der Waals surface area contributed by atoms with Gasteiger partial charge in [0.25, 0.3) is 0 Å². The van der Waals surface area contributed by atoms with Crippen LogP contribution in [-0.2, 0) is 16.1 Å². The molecule has 6 heteroatoms. The summed E-state index contributed by atoms with van der Waals surface area (Å²) in [6.45, 7) is 1.39. The third-order valence-electron chi connectivity index (χ3n) is 4.04. The van der Waals surface area contributed by atoms with Crippen molar-refractivity contribution in [3.05, 3.63) is 54.4 Å². The molecule has 0 saturated carbocycles. The lowest BCUT2D eigenvalue weighted by Crippen LogP contribution is -2.54. The molecular weight excluding hydrogens is 306 g/mol. The number of hydrogen-bond acceptors (Lipinski definition) is 5. The molecule has 2 aromatic rings. The molecule has 1 aromatic carbocycles. The van der Waals surface area contributed by atoms with Gasteiger partial charge in [-0.05, 0) is 37.1 Å². The van der Waals surface area contributed by atoms with E-state index in [1.807, 2.05) is 36.4 Å². The number of rotatable bonds is 5. The monoisotopic (exact) mass is 327 g/mol. The number of nitrogens with one attached hydrogen (secondary N) is 1. The summed E-state index contributed by atoms with van der Waals surface area (Å²) in [5.41, 5.74) is 6.82. The van der Waals surface area contributed by atoms with Crippen molar-refractivity contribution in [1.82, 2.24) is 4.98 Å². The highest BCUT2D eigenvalue weighted by atomic mass is 16.5. The van der Waals surface area contributed by atoms with E-state index in [-0.39, 0.29) is 5.91 Å². The lowest BCUT2D eigenvalue weighted by molar-refractivity contribution is -0.124. The number of nitrogens with zero attached hydrogens (tertiary/aromatic N) is 1. The minimum absolute atomic E-state index is 0.187. The molecule has 6 nitrogen and oxygen atoms in total. The molecule has 1 aromatic heterocycles. The van der Waals surface area contributed by atoms with Crippen molar-refractivity contribution in [3.63, 3.8) is 0 Å². The van der Waals surface area contributed by atoms with Crippen molar-refractivity contribution >= 4 is 11.6 Å². The molecule has 1 aliphatic rings. The van der Waals surface area contributed by atoms with Crippen LogP contribution < -0.4 is 15.8 Å². The fraction of sp³-hybridized carbons (Fsp3) is 0.333. The summed E-state index contributed by atoms with van der Waals surface area (Å²) in [6.07, 6.45) is 2.77. The van der Waals surface area contributed by atoms with Gasteiger partial charge in [0.15, 0.2) is 0 Å². The Labute approximate surface area is 141 Å². The lowest BCUT2D eigenvalue weighted by Gasteiger charge is -2.31. The first-order chi connectivity index (χ1) is 11.7. The van der Waals surface area contributed by atoms with Crippen LogP contribution in [-0.4, -0.2) is 29.6 Å². The molecule has 24 heavy (non-hydrogen) atoms. The molecule has 1 amide bonds. The number of ether oxygens (including phenoxy) is 2. The number of carbonyl (C=O) groups excluding carboxylic acids is 1. The first-order valence-electron chi connectivity index (χ1n) is 7.97. The normalized spacial score (nSPS) is 16.4. The van der Waals surface area contributed by atoms with Gasteiger partial charge in [-0.15, -0.1) is 0 Å². The summed E-state index contributed by atoms with van der Waals surface area (Å²) in [4.78, 5) is 16.6. The molecule has 2 heterocycles. The SMILES string of the molecule is NC1(C(=O)Nc2cccc(OCc3ccccn3)c2)CCOCC1. The van der Waals surface area contributed by atoms with Crippen molar-refractivity contribution in [1.29, 1.82) is 0 Å². The van der Waals surface area contributed by atoms with Gasteiger partial charge in [-0.3, -0.25) is 9.78 Å². The molecule has 0 atom stereocenters. The van der Waals surface area contributed by atoms with E-state index in [1.165, 1.54) is 0 Å². The third kappa shape index (κ3) is 4.10. The molecule has 0 radical (unpaired) electrons. The Hall–Kier alpha value is -2.44. The van der Waals surface area contributed by atoms with Crippen molar-refractivity contribution in [2.45, 2.75) is 25.0 Å². The van der Waals surface area contributed by atoms with Crippen LogP contribution in [0.15, 0.2) is 48.7 Å². The number of hydrogen-bond donors (Lipinski definition) is 2. The van der Waals surface area contributed by atoms with Crippen LogP contribution in [0.25, 0.3) is 0 Å². The largest absolute Gasteiger partial charge is 0.487 e. The van der Waals surface area contributed by atoms with E-state index in [0.717, 1.165) is 5.69 Å². The Balaban J connectivity index is 1.61. The highest BCUT2D eigenvalue weighted by Gasteiger charge is 2.35. The number of benzene rings is 1. The average molecular weight is 327 g/mol. The maximum Gasteiger partial charge on any atom is 0.244 e. The Morgan fingerprint density at radius 2 is 2.08 bits per heavy atom. The molecule has 0 aliphatic carbocycles. The van der Waals surface area contributed by atoms with E-state index < -0.39 is 5.54 Å². The van der Waals surface area contributed by atoms with E-state index in [0.29, 0.717) is 44.1 Å². The van der Waals surface area contributed by atoms with Crippen LogP contribution in [0.1, 0.15) is 18.5 Å². The zero-order valence-electron chi connectivity index (χ0n) is 13.4. The smallest absolute Gasteiger partial charge is 0.244 e. The molecule has 0 unspecified atom stereocenters. The van der Waals surface area contributed by atoms with Crippen LogP contribution in [0.2, 0.25) is 0 Å².